The van der Waals surface area contributed by atoms with Gasteiger partial charge < -0.3 is 5.32 Å². The quantitative estimate of drug-likeness (QED) is 0.778. The van der Waals surface area contributed by atoms with E-state index in [0.717, 1.165) is 16.9 Å². The van der Waals surface area contributed by atoms with Gasteiger partial charge in [0.2, 0.25) is 5.91 Å². The van der Waals surface area contributed by atoms with Crippen LogP contribution < -0.4 is 10.6 Å². The molecule has 3 heteroatoms. The number of nitrogens with zero attached hydrogens (tertiary/aromatic N) is 1. The fraction of sp³-hybridized carbons (Fsp3) is 0.0833. The van der Waals surface area contributed by atoms with E-state index in [2.05, 4.69) is 10.6 Å². The molecule has 0 fully saturated rings. The van der Waals surface area contributed by atoms with Crippen LogP contribution >= 0.6 is 0 Å². The normalized spacial score (nSPS) is 13.3. The van der Waals surface area contributed by atoms with Gasteiger partial charge in [-0.05, 0) is 24.3 Å². The molecule has 1 amide bonds. The molecule has 0 bridgehead atoms. The summed E-state index contributed by atoms with van der Waals surface area (Å²) in [5.41, 5.74) is 2.80. The summed E-state index contributed by atoms with van der Waals surface area (Å²) in [6, 6.07) is 7.61. The lowest BCUT2D eigenvalue weighted by Gasteiger charge is -2.04. The molecule has 1 radical (unpaired) electrons. The molecule has 1 aromatic carbocycles. The summed E-state index contributed by atoms with van der Waals surface area (Å²) in [5.74, 6) is -0.0609. The third kappa shape index (κ3) is 2.26. The minimum Gasteiger partial charge on any atom is -0.326 e. The van der Waals surface area contributed by atoms with Crippen molar-refractivity contribution >= 4 is 17.3 Å². The molecule has 2 rings (SSSR count). The summed E-state index contributed by atoms with van der Waals surface area (Å²) < 4.78 is 0. The first-order valence-corrected chi connectivity index (χ1v) is 4.71. The molecule has 1 aliphatic heterocycles. The van der Waals surface area contributed by atoms with Gasteiger partial charge in [0.05, 0.1) is 5.70 Å². The number of carbonyl (C=O) groups is 1. The number of nitrogens with one attached hydrogen (secondary N) is 1. The van der Waals surface area contributed by atoms with Crippen molar-refractivity contribution in [1.82, 2.24) is 5.32 Å². The molecule has 1 aromatic rings. The third-order valence-electron chi connectivity index (χ3n) is 2.05. The molecule has 1 heterocycles. The molecule has 0 saturated heterocycles. The van der Waals surface area contributed by atoms with Crippen LogP contribution in [0.25, 0.3) is 5.70 Å². The Bertz CT molecular complexity index is 429. The van der Waals surface area contributed by atoms with E-state index >= 15 is 0 Å². The largest absolute Gasteiger partial charge is 0.326 e. The first kappa shape index (κ1) is 9.52. The maximum absolute atomic E-state index is 10.8. The number of hydrogen-bond donors (Lipinski definition) is 1. The molecule has 1 aliphatic rings. The standard InChI is InChI=1S/C12H11N2O/c1-9(15)14-11-6-4-10(5-7-11)12-3-2-8-13-12/h2-8H,1H3,(H,14,15). The van der Waals surface area contributed by atoms with Crippen molar-refractivity contribution in [2.24, 2.45) is 0 Å². The number of allylic oxidation sites excluding steroid dienone is 2. The molecule has 0 aliphatic carbocycles. The van der Waals surface area contributed by atoms with Gasteiger partial charge in [0.25, 0.3) is 0 Å². The van der Waals surface area contributed by atoms with Crippen molar-refractivity contribution in [3.05, 3.63) is 48.2 Å². The highest BCUT2D eigenvalue weighted by Gasteiger charge is 2.03. The van der Waals surface area contributed by atoms with Crippen molar-refractivity contribution in [3.63, 3.8) is 0 Å². The molecule has 1 N–H and O–H groups in total. The van der Waals surface area contributed by atoms with E-state index in [1.807, 2.05) is 36.4 Å². The van der Waals surface area contributed by atoms with Crippen molar-refractivity contribution in [1.29, 1.82) is 0 Å². The second-order valence-corrected chi connectivity index (χ2v) is 3.28. The monoisotopic (exact) mass is 199 g/mol. The first-order chi connectivity index (χ1) is 7.25. The predicted octanol–water partition coefficient (Wildman–Crippen LogP) is 2.12. The molecule has 0 atom stereocenters. The van der Waals surface area contributed by atoms with Gasteiger partial charge in [-0.25, -0.2) is 0 Å². The lowest BCUT2D eigenvalue weighted by molar-refractivity contribution is -0.114. The number of anilines is 1. The van der Waals surface area contributed by atoms with Crippen molar-refractivity contribution in [2.45, 2.75) is 6.92 Å². The van der Waals surface area contributed by atoms with E-state index in [-0.39, 0.29) is 5.91 Å². The summed E-state index contributed by atoms with van der Waals surface area (Å²) in [7, 11) is 0. The molecule has 0 aromatic heterocycles. The maximum Gasteiger partial charge on any atom is 0.221 e. The van der Waals surface area contributed by atoms with Gasteiger partial charge in [0, 0.05) is 24.4 Å². The SMILES string of the molecule is CC(=O)Nc1ccc(C2=CC=C[N]2)cc1. The third-order valence-corrected chi connectivity index (χ3v) is 2.05. The van der Waals surface area contributed by atoms with E-state index in [4.69, 9.17) is 0 Å². The summed E-state index contributed by atoms with van der Waals surface area (Å²) in [6.45, 7) is 1.49. The smallest absolute Gasteiger partial charge is 0.221 e. The van der Waals surface area contributed by atoms with Gasteiger partial charge in [-0.1, -0.05) is 12.1 Å². The number of rotatable bonds is 2. The summed E-state index contributed by atoms with van der Waals surface area (Å²) in [6.07, 6.45) is 5.61. The summed E-state index contributed by atoms with van der Waals surface area (Å²) >= 11 is 0. The van der Waals surface area contributed by atoms with Crippen LogP contribution in [0.1, 0.15) is 12.5 Å². The Hall–Kier alpha value is -2.03. The van der Waals surface area contributed by atoms with E-state index in [1.165, 1.54) is 6.92 Å². The highest BCUT2D eigenvalue weighted by Crippen LogP contribution is 2.18. The zero-order valence-corrected chi connectivity index (χ0v) is 8.40. The number of carbonyl (C=O) groups excluding carboxylic acids is 1. The second kappa shape index (κ2) is 4.00. The molecule has 0 saturated carbocycles. The van der Waals surface area contributed by atoms with Gasteiger partial charge in [0.15, 0.2) is 0 Å². The minimum atomic E-state index is -0.0609. The van der Waals surface area contributed by atoms with Crippen molar-refractivity contribution in [3.8, 4) is 0 Å². The molecule has 3 nitrogen and oxygen atoms in total. The Morgan fingerprint density at radius 2 is 2.00 bits per heavy atom. The van der Waals surface area contributed by atoms with Gasteiger partial charge in [-0.2, -0.15) is 0 Å². The van der Waals surface area contributed by atoms with Crippen molar-refractivity contribution < 1.29 is 4.79 Å². The Morgan fingerprint density at radius 1 is 1.27 bits per heavy atom. The van der Waals surface area contributed by atoms with Crippen LogP contribution in [0, 0.1) is 0 Å². The number of hydrogen-bond acceptors (Lipinski definition) is 1. The molecule has 0 unspecified atom stereocenters. The minimum absolute atomic E-state index is 0.0609. The molecule has 0 spiro atoms. The fourth-order valence-electron chi connectivity index (χ4n) is 1.40. The van der Waals surface area contributed by atoms with Gasteiger partial charge >= 0.3 is 0 Å². The first-order valence-electron chi connectivity index (χ1n) is 4.71. The Kier molecular flexibility index (Phi) is 2.54. The lowest BCUT2D eigenvalue weighted by Crippen LogP contribution is -2.05. The van der Waals surface area contributed by atoms with Crippen LogP contribution in [0.3, 0.4) is 0 Å². The lowest BCUT2D eigenvalue weighted by atomic mass is 10.1. The number of benzene rings is 1. The van der Waals surface area contributed by atoms with E-state index in [9.17, 15) is 4.79 Å². The molecule has 15 heavy (non-hydrogen) atoms. The van der Waals surface area contributed by atoms with Crippen LogP contribution in [0.15, 0.2) is 42.6 Å². The Morgan fingerprint density at radius 3 is 2.53 bits per heavy atom. The second-order valence-electron chi connectivity index (χ2n) is 3.28. The van der Waals surface area contributed by atoms with Crippen molar-refractivity contribution in [2.75, 3.05) is 5.32 Å². The molecule has 75 valence electrons. The molecular weight excluding hydrogens is 188 g/mol. The van der Waals surface area contributed by atoms with Gasteiger partial charge in [-0.3, -0.25) is 10.1 Å². The highest BCUT2D eigenvalue weighted by atomic mass is 16.1. The van der Waals surface area contributed by atoms with Gasteiger partial charge in [0.1, 0.15) is 0 Å². The van der Waals surface area contributed by atoms with E-state index < -0.39 is 0 Å². The van der Waals surface area contributed by atoms with Crippen LogP contribution in [0.2, 0.25) is 0 Å². The predicted molar refractivity (Wildman–Crippen MR) is 60.0 cm³/mol. The van der Waals surface area contributed by atoms with Crippen LogP contribution in [0.4, 0.5) is 5.69 Å². The summed E-state index contributed by atoms with van der Waals surface area (Å²) in [4.78, 5) is 10.8. The molecular formula is C12H11N2O. The maximum atomic E-state index is 10.8. The zero-order chi connectivity index (χ0) is 10.7. The van der Waals surface area contributed by atoms with Gasteiger partial charge in [-0.15, -0.1) is 0 Å². The average molecular weight is 199 g/mol. The fourth-order valence-corrected chi connectivity index (χ4v) is 1.40. The topological polar surface area (TPSA) is 43.2 Å². The van der Waals surface area contributed by atoms with Crippen LogP contribution in [0.5, 0.6) is 0 Å². The van der Waals surface area contributed by atoms with Crippen LogP contribution in [-0.2, 0) is 4.79 Å². The highest BCUT2D eigenvalue weighted by molar-refractivity contribution is 5.88. The average Bonchev–Trinajstić information content (AvgIpc) is 2.71. The zero-order valence-electron chi connectivity index (χ0n) is 8.40. The van der Waals surface area contributed by atoms with Crippen LogP contribution in [-0.4, -0.2) is 5.91 Å². The Labute approximate surface area is 88.5 Å². The number of amides is 1. The summed E-state index contributed by atoms with van der Waals surface area (Å²) in [5, 5.41) is 6.91. The Balaban J connectivity index is 2.13. The van der Waals surface area contributed by atoms with E-state index in [1.54, 1.807) is 6.20 Å². The van der Waals surface area contributed by atoms with E-state index in [0.29, 0.717) is 0 Å².